The molecule has 44 valence electrons. The minimum atomic E-state index is -0.470. The Labute approximate surface area is 47.7 Å². The van der Waals surface area contributed by atoms with E-state index in [0.717, 1.165) is 0 Å². The molecule has 4 nitrogen and oxygen atoms in total. The Bertz CT molecular complexity index is 210. The van der Waals surface area contributed by atoms with Crippen LogP contribution < -0.4 is 9.79 Å². The van der Waals surface area contributed by atoms with Gasteiger partial charge in [0.15, 0.2) is 13.0 Å². The predicted octanol–water partition coefficient (Wildman–Crippen LogP) is -1.12. The van der Waals surface area contributed by atoms with Gasteiger partial charge >= 0.3 is 0 Å². The molecule has 0 bridgehead atoms. The highest BCUT2D eigenvalue weighted by molar-refractivity contribution is 4.98. The zero-order valence-corrected chi connectivity index (χ0v) is 4.42. The Hall–Kier alpha value is -1.06. The van der Waals surface area contributed by atoms with Gasteiger partial charge in [-0.2, -0.15) is 0 Å². The molecule has 0 atom stereocenters. The first kappa shape index (κ1) is 3.88. The van der Waals surface area contributed by atoms with Gasteiger partial charge in [-0.15, -0.1) is 0 Å². The van der Waals surface area contributed by atoms with Gasteiger partial charge < -0.3 is 9.63 Å². The van der Waals surface area contributed by atoms with Gasteiger partial charge in [0.25, 0.3) is 0 Å². The van der Waals surface area contributed by atoms with Crippen LogP contribution in [0.5, 0.6) is 5.95 Å². The number of nitrogens with zero attached hydrogens (tertiary/aromatic N) is 2. The van der Waals surface area contributed by atoms with E-state index in [2.05, 4.69) is 9.79 Å². The SMILES string of the molecule is [2H]C[n+]1noc([O-])c1C. The molecule has 0 aromatic carbocycles. The number of aryl methyl sites for hydroxylation is 1. The lowest BCUT2D eigenvalue weighted by Gasteiger charge is -1.81. The fourth-order valence-electron chi connectivity index (χ4n) is 0.319. The minimum Gasteiger partial charge on any atom is -0.539 e. The second kappa shape index (κ2) is 1.47. The van der Waals surface area contributed by atoms with Gasteiger partial charge in [0.05, 0.1) is 5.27 Å². The van der Waals surface area contributed by atoms with Crippen LogP contribution in [0, 0.1) is 6.92 Å². The lowest BCUT2D eigenvalue weighted by atomic mass is 10.5. The van der Waals surface area contributed by atoms with Crippen molar-refractivity contribution in [3.63, 3.8) is 0 Å². The van der Waals surface area contributed by atoms with Gasteiger partial charge in [-0.05, 0) is 0 Å². The molecule has 0 amide bonds. The summed E-state index contributed by atoms with van der Waals surface area (Å²) in [6.45, 7) is 1.56. The van der Waals surface area contributed by atoms with Gasteiger partial charge in [0.1, 0.15) is 1.37 Å². The normalized spacial score (nSPS) is 11.4. The van der Waals surface area contributed by atoms with Crippen LogP contribution in [0.15, 0.2) is 4.52 Å². The van der Waals surface area contributed by atoms with Gasteiger partial charge in [-0.3, -0.25) is 0 Å². The van der Waals surface area contributed by atoms with Crippen LogP contribution in [0.3, 0.4) is 0 Å². The van der Waals surface area contributed by atoms with Crippen molar-refractivity contribution in [2.24, 2.45) is 7.02 Å². The molecule has 0 saturated heterocycles. The van der Waals surface area contributed by atoms with E-state index in [-0.39, 0.29) is 7.02 Å². The maximum Gasteiger partial charge on any atom is 0.230 e. The molecule has 1 heterocycles. The molecule has 0 saturated carbocycles. The number of rotatable bonds is 0. The van der Waals surface area contributed by atoms with E-state index in [1.54, 1.807) is 6.92 Å². The van der Waals surface area contributed by atoms with Crippen LogP contribution in [-0.2, 0) is 7.02 Å². The van der Waals surface area contributed by atoms with Crippen molar-refractivity contribution in [3.05, 3.63) is 5.69 Å². The summed E-state index contributed by atoms with van der Waals surface area (Å²) in [4.78, 5) is 0. The van der Waals surface area contributed by atoms with E-state index < -0.39 is 5.95 Å². The van der Waals surface area contributed by atoms with Crippen molar-refractivity contribution in [2.45, 2.75) is 6.92 Å². The summed E-state index contributed by atoms with van der Waals surface area (Å²) in [6.07, 6.45) is 0. The molecule has 0 unspecified atom stereocenters. The van der Waals surface area contributed by atoms with Crippen molar-refractivity contribution in [3.8, 4) is 5.95 Å². The van der Waals surface area contributed by atoms with Crippen LogP contribution in [0.4, 0.5) is 0 Å². The lowest BCUT2D eigenvalue weighted by molar-refractivity contribution is -0.745. The molecule has 4 heteroatoms. The van der Waals surface area contributed by atoms with Gasteiger partial charge in [-0.25, -0.2) is 0 Å². The number of hydrogen-bond donors (Lipinski definition) is 0. The van der Waals surface area contributed by atoms with Crippen molar-refractivity contribution in [1.29, 1.82) is 0 Å². The smallest absolute Gasteiger partial charge is 0.230 e. The predicted molar refractivity (Wildman–Crippen MR) is 21.9 cm³/mol. The summed E-state index contributed by atoms with van der Waals surface area (Å²) in [5, 5.41) is 13.7. The molecule has 0 aliphatic rings. The van der Waals surface area contributed by atoms with Crippen molar-refractivity contribution < 1.29 is 15.7 Å². The molecule has 0 aliphatic carbocycles. The largest absolute Gasteiger partial charge is 0.539 e. The fourth-order valence-corrected chi connectivity index (χ4v) is 0.319. The molecule has 1 aromatic heterocycles. The average Bonchev–Trinajstić information content (AvgIpc) is 2.15. The highest BCUT2D eigenvalue weighted by Crippen LogP contribution is 2.01. The van der Waals surface area contributed by atoms with Gasteiger partial charge in [0, 0.05) is 6.92 Å². The Balaban J connectivity index is 3.04. The molecule has 8 heavy (non-hydrogen) atoms. The molecule has 0 aliphatic heterocycles. The van der Waals surface area contributed by atoms with Crippen LogP contribution in [-0.4, -0.2) is 5.27 Å². The zero-order valence-electron chi connectivity index (χ0n) is 5.42. The van der Waals surface area contributed by atoms with Crippen molar-refractivity contribution in [1.82, 2.24) is 5.27 Å². The van der Waals surface area contributed by atoms with Crippen molar-refractivity contribution in [2.75, 3.05) is 0 Å². The maximum atomic E-state index is 10.5. The Morgan fingerprint density at radius 2 is 2.75 bits per heavy atom. The minimum absolute atomic E-state index is 0.0719. The molecular weight excluding hydrogens is 108 g/mol. The lowest BCUT2D eigenvalue weighted by Crippen LogP contribution is -2.32. The summed E-state index contributed by atoms with van der Waals surface area (Å²) >= 11 is 0. The quantitative estimate of drug-likeness (QED) is 0.402. The molecule has 0 fully saturated rings. The van der Waals surface area contributed by atoms with Crippen LogP contribution in [0.2, 0.25) is 0 Å². The van der Waals surface area contributed by atoms with E-state index in [9.17, 15) is 5.11 Å². The first-order valence-electron chi connectivity index (χ1n) is 2.79. The van der Waals surface area contributed by atoms with Gasteiger partial charge in [-0.1, -0.05) is 4.68 Å². The average molecular weight is 115 g/mol. The maximum absolute atomic E-state index is 10.5. The second-order valence-corrected chi connectivity index (χ2v) is 1.45. The highest BCUT2D eigenvalue weighted by atomic mass is 16.6. The number of aromatic nitrogens is 2. The summed E-state index contributed by atoms with van der Waals surface area (Å²) in [5.41, 5.74) is 0.366. The van der Waals surface area contributed by atoms with Gasteiger partial charge in [0.2, 0.25) is 5.69 Å². The monoisotopic (exact) mass is 115 g/mol. The van der Waals surface area contributed by atoms with E-state index in [0.29, 0.717) is 5.69 Å². The van der Waals surface area contributed by atoms with E-state index in [4.69, 9.17) is 1.37 Å². The zero-order chi connectivity index (χ0) is 6.85. The molecular formula is C4H6N2O2. The molecule has 1 rings (SSSR count). The second-order valence-electron chi connectivity index (χ2n) is 1.45. The molecule has 0 spiro atoms. The first-order valence-corrected chi connectivity index (χ1v) is 2.08. The third-order valence-electron chi connectivity index (χ3n) is 0.905. The van der Waals surface area contributed by atoms with E-state index >= 15 is 0 Å². The van der Waals surface area contributed by atoms with Crippen LogP contribution in [0.1, 0.15) is 7.06 Å². The summed E-state index contributed by atoms with van der Waals surface area (Å²) in [6, 6.07) is 0. The summed E-state index contributed by atoms with van der Waals surface area (Å²) < 4.78 is 12.2. The molecule has 1 aromatic rings. The summed E-state index contributed by atoms with van der Waals surface area (Å²) in [7, 11) is -0.0719. The Kier molecular flexibility index (Phi) is 0.712. The fraction of sp³-hybridized carbons (Fsp3) is 0.500. The van der Waals surface area contributed by atoms with Crippen LogP contribution >= 0.6 is 0 Å². The van der Waals surface area contributed by atoms with Crippen molar-refractivity contribution >= 4 is 0 Å². The van der Waals surface area contributed by atoms with E-state index in [1.807, 2.05) is 0 Å². The molecule has 0 radical (unpaired) electrons. The Morgan fingerprint density at radius 3 is 3.00 bits per heavy atom. The topological polar surface area (TPSA) is 53.0 Å². The third-order valence-corrected chi connectivity index (χ3v) is 0.905. The first-order chi connectivity index (χ1) is 4.25. The molecule has 0 N–H and O–H groups in total. The van der Waals surface area contributed by atoms with E-state index in [1.165, 1.54) is 4.68 Å². The third kappa shape index (κ3) is 0.538. The number of hydrogen-bond acceptors (Lipinski definition) is 3. The summed E-state index contributed by atoms with van der Waals surface area (Å²) in [5.74, 6) is -0.470. The highest BCUT2D eigenvalue weighted by Gasteiger charge is 2.03. The Morgan fingerprint density at radius 1 is 2.00 bits per heavy atom. The standard InChI is InChI=1S/C4H6N2O2/c1-3-4(7)8-5-6(3)2/h1-2H3/i2D. The van der Waals surface area contributed by atoms with Crippen LogP contribution in [0.25, 0.3) is 0 Å².